The molecule has 8 nitrogen and oxygen atoms in total. The number of hydrogen-bond donors (Lipinski definition) is 2. The van der Waals surface area contributed by atoms with E-state index in [9.17, 15) is 19.5 Å². The van der Waals surface area contributed by atoms with Crippen LogP contribution < -0.4 is 10.2 Å². The number of benzene rings is 1. The maximum atomic E-state index is 11.9. The van der Waals surface area contributed by atoms with Crippen molar-refractivity contribution in [2.75, 3.05) is 18.0 Å². The molecule has 2 saturated heterocycles. The fourth-order valence-electron chi connectivity index (χ4n) is 3.47. The third kappa shape index (κ3) is 3.37. The summed E-state index contributed by atoms with van der Waals surface area (Å²) >= 11 is 0.852. The highest BCUT2D eigenvalue weighted by molar-refractivity contribution is 8.18. The monoisotopic (exact) mass is 384 g/mol. The highest BCUT2D eigenvalue weighted by Crippen LogP contribution is 2.36. The average molecular weight is 384 g/mol. The number of nitrogens with one attached hydrogen (secondary N) is 1. The van der Waals surface area contributed by atoms with E-state index >= 15 is 0 Å². The third-order valence-corrected chi connectivity index (χ3v) is 5.52. The number of piperidine rings is 1. The van der Waals surface area contributed by atoms with E-state index in [2.05, 4.69) is 15.3 Å². The van der Waals surface area contributed by atoms with E-state index in [0.29, 0.717) is 24.4 Å². The van der Waals surface area contributed by atoms with Crippen molar-refractivity contribution in [2.45, 2.75) is 12.8 Å². The molecule has 2 aliphatic rings. The Balaban J connectivity index is 1.83. The summed E-state index contributed by atoms with van der Waals surface area (Å²) in [5, 5.41) is 12.1. The largest absolute Gasteiger partial charge is 0.481 e. The van der Waals surface area contributed by atoms with Crippen LogP contribution >= 0.6 is 11.8 Å². The molecule has 2 aromatic rings. The summed E-state index contributed by atoms with van der Waals surface area (Å²) in [4.78, 5) is 45.6. The second kappa shape index (κ2) is 6.99. The van der Waals surface area contributed by atoms with Gasteiger partial charge < -0.3 is 10.0 Å². The summed E-state index contributed by atoms with van der Waals surface area (Å²) in [7, 11) is 0. The summed E-state index contributed by atoms with van der Waals surface area (Å²) in [6, 6.07) is 3.66. The van der Waals surface area contributed by atoms with Gasteiger partial charge in [-0.2, -0.15) is 0 Å². The Bertz CT molecular complexity index is 990. The van der Waals surface area contributed by atoms with Gasteiger partial charge in [-0.15, -0.1) is 0 Å². The molecule has 138 valence electrons. The third-order valence-electron chi connectivity index (χ3n) is 4.71. The lowest BCUT2D eigenvalue weighted by Crippen LogP contribution is -2.39. The van der Waals surface area contributed by atoms with E-state index in [1.54, 1.807) is 12.3 Å². The molecule has 0 aliphatic carbocycles. The molecule has 1 atom stereocenters. The number of thioether (sulfide) groups is 1. The Morgan fingerprint density at radius 2 is 2.22 bits per heavy atom. The Morgan fingerprint density at radius 1 is 1.37 bits per heavy atom. The lowest BCUT2D eigenvalue weighted by atomic mass is 9.96. The molecule has 2 aliphatic heterocycles. The molecule has 0 bridgehead atoms. The van der Waals surface area contributed by atoms with Crippen molar-refractivity contribution in [3.05, 3.63) is 35.1 Å². The standard InChI is InChI=1S/C18H16N4O4S/c23-16-14(27-18(26)21-16)6-10-3-4-13-12(7-19-9-20-13)15(10)22-5-1-2-11(8-22)17(24)25/h3-4,6-7,9,11H,1-2,5,8H2,(H,24,25)(H,21,23,26). The number of imide groups is 1. The van der Waals surface area contributed by atoms with Crippen molar-refractivity contribution in [2.24, 2.45) is 5.92 Å². The van der Waals surface area contributed by atoms with Gasteiger partial charge in [0.1, 0.15) is 6.33 Å². The smallest absolute Gasteiger partial charge is 0.308 e. The maximum Gasteiger partial charge on any atom is 0.308 e. The second-order valence-electron chi connectivity index (χ2n) is 6.43. The minimum absolute atomic E-state index is 0.309. The predicted molar refractivity (Wildman–Crippen MR) is 101 cm³/mol. The van der Waals surface area contributed by atoms with Gasteiger partial charge in [0, 0.05) is 24.7 Å². The lowest BCUT2D eigenvalue weighted by molar-refractivity contribution is -0.142. The molecule has 4 rings (SSSR count). The van der Waals surface area contributed by atoms with Crippen LogP contribution in [-0.2, 0) is 9.59 Å². The maximum absolute atomic E-state index is 11.9. The number of rotatable bonds is 3. The summed E-state index contributed by atoms with van der Waals surface area (Å²) in [5.41, 5.74) is 2.26. The van der Waals surface area contributed by atoms with Gasteiger partial charge in [-0.25, -0.2) is 9.97 Å². The van der Waals surface area contributed by atoms with Crippen LogP contribution in [0.4, 0.5) is 10.5 Å². The van der Waals surface area contributed by atoms with Gasteiger partial charge in [0.05, 0.1) is 22.0 Å². The first-order chi connectivity index (χ1) is 13.0. The van der Waals surface area contributed by atoms with E-state index in [1.165, 1.54) is 6.33 Å². The van der Waals surface area contributed by atoms with Crippen LogP contribution in [0.25, 0.3) is 17.0 Å². The summed E-state index contributed by atoms with van der Waals surface area (Å²) < 4.78 is 0. The summed E-state index contributed by atoms with van der Waals surface area (Å²) in [5.74, 6) is -1.69. The Kier molecular flexibility index (Phi) is 4.53. The molecule has 0 radical (unpaired) electrons. The van der Waals surface area contributed by atoms with Crippen LogP contribution in [0, 0.1) is 5.92 Å². The zero-order valence-electron chi connectivity index (χ0n) is 14.2. The van der Waals surface area contributed by atoms with Crippen molar-refractivity contribution in [3.8, 4) is 0 Å². The molecule has 1 unspecified atom stereocenters. The second-order valence-corrected chi connectivity index (χ2v) is 7.45. The molecule has 1 aromatic heterocycles. The van der Waals surface area contributed by atoms with Gasteiger partial charge in [-0.3, -0.25) is 19.7 Å². The number of fused-ring (bicyclic) bond motifs is 1. The first-order valence-corrected chi connectivity index (χ1v) is 9.30. The Hall–Kier alpha value is -2.94. The topological polar surface area (TPSA) is 112 Å². The van der Waals surface area contributed by atoms with Gasteiger partial charge in [0.15, 0.2) is 0 Å². The van der Waals surface area contributed by atoms with Gasteiger partial charge in [-0.1, -0.05) is 6.07 Å². The predicted octanol–water partition coefficient (Wildman–Crippen LogP) is 2.25. The van der Waals surface area contributed by atoms with Crippen LogP contribution in [0.5, 0.6) is 0 Å². The number of carboxylic acid groups (broad SMARTS) is 1. The summed E-state index contributed by atoms with van der Waals surface area (Å²) in [6.45, 7) is 1.07. The minimum atomic E-state index is -0.813. The van der Waals surface area contributed by atoms with Crippen LogP contribution in [0.3, 0.4) is 0 Å². The number of carbonyl (C=O) groups excluding carboxylic acids is 2. The first kappa shape index (κ1) is 17.5. The van der Waals surface area contributed by atoms with Gasteiger partial charge in [0.2, 0.25) is 0 Å². The molecule has 9 heteroatoms. The molecular weight excluding hydrogens is 368 g/mol. The van der Waals surface area contributed by atoms with Crippen molar-refractivity contribution in [1.82, 2.24) is 15.3 Å². The summed E-state index contributed by atoms with van der Waals surface area (Å²) in [6.07, 6.45) is 6.20. The molecule has 1 aromatic carbocycles. The quantitative estimate of drug-likeness (QED) is 0.775. The van der Waals surface area contributed by atoms with Crippen LogP contribution in [0.15, 0.2) is 29.6 Å². The number of anilines is 1. The zero-order valence-corrected chi connectivity index (χ0v) is 15.0. The highest BCUT2D eigenvalue weighted by atomic mass is 32.2. The average Bonchev–Trinajstić information content (AvgIpc) is 2.98. The van der Waals surface area contributed by atoms with Gasteiger partial charge in [0.25, 0.3) is 11.1 Å². The van der Waals surface area contributed by atoms with E-state index in [-0.39, 0.29) is 0 Å². The fraction of sp³-hybridized carbons (Fsp3) is 0.278. The van der Waals surface area contributed by atoms with E-state index in [1.807, 2.05) is 17.0 Å². The molecule has 2 fully saturated rings. The molecule has 0 spiro atoms. The number of aliphatic carboxylic acids is 1. The minimum Gasteiger partial charge on any atom is -0.481 e. The molecule has 2 N–H and O–H groups in total. The van der Waals surface area contributed by atoms with Gasteiger partial charge in [-0.05, 0) is 42.3 Å². The van der Waals surface area contributed by atoms with Crippen molar-refractivity contribution < 1.29 is 19.5 Å². The van der Waals surface area contributed by atoms with E-state index < -0.39 is 23.0 Å². The zero-order chi connectivity index (χ0) is 19.0. The molecule has 2 amide bonds. The SMILES string of the molecule is O=C1NC(=O)C(=Cc2ccc3ncncc3c2N2CCCC(C(=O)O)C2)S1. The van der Waals surface area contributed by atoms with Crippen molar-refractivity contribution >= 4 is 51.5 Å². The number of nitrogens with zero attached hydrogens (tertiary/aromatic N) is 3. The number of amides is 2. The van der Waals surface area contributed by atoms with E-state index in [0.717, 1.165) is 40.3 Å². The normalized spacial score (nSPS) is 21.7. The number of hydrogen-bond acceptors (Lipinski definition) is 7. The Morgan fingerprint density at radius 3 is 2.96 bits per heavy atom. The highest BCUT2D eigenvalue weighted by Gasteiger charge is 2.29. The van der Waals surface area contributed by atoms with Crippen molar-refractivity contribution in [1.29, 1.82) is 0 Å². The fourth-order valence-corrected chi connectivity index (χ4v) is 4.14. The molecular formula is C18H16N4O4S. The number of carboxylic acids is 1. The Labute approximate surface area is 158 Å². The lowest BCUT2D eigenvalue weighted by Gasteiger charge is -2.34. The van der Waals surface area contributed by atoms with E-state index in [4.69, 9.17) is 0 Å². The first-order valence-electron chi connectivity index (χ1n) is 8.48. The molecule has 27 heavy (non-hydrogen) atoms. The number of aromatic nitrogens is 2. The van der Waals surface area contributed by atoms with Gasteiger partial charge >= 0.3 is 5.97 Å². The van der Waals surface area contributed by atoms with Crippen LogP contribution in [0.1, 0.15) is 18.4 Å². The van der Waals surface area contributed by atoms with Crippen LogP contribution in [-0.4, -0.2) is 45.3 Å². The molecule has 3 heterocycles. The van der Waals surface area contributed by atoms with Crippen molar-refractivity contribution in [3.63, 3.8) is 0 Å². The molecule has 0 saturated carbocycles. The number of carbonyl (C=O) groups is 3. The van der Waals surface area contributed by atoms with Crippen LogP contribution in [0.2, 0.25) is 0 Å².